The van der Waals surface area contributed by atoms with E-state index in [9.17, 15) is 14.4 Å². The first-order valence-electron chi connectivity index (χ1n) is 19.0. The van der Waals surface area contributed by atoms with Crippen LogP contribution in [0.2, 0.25) is 0 Å². The molecule has 0 aromatic heterocycles. The molecule has 0 rings (SSSR count). The van der Waals surface area contributed by atoms with Gasteiger partial charge in [0.1, 0.15) is 12.6 Å². The van der Waals surface area contributed by atoms with Crippen LogP contribution in [0.5, 0.6) is 0 Å². The minimum Gasteiger partial charge on any atom is -0.480 e. The summed E-state index contributed by atoms with van der Waals surface area (Å²) < 4.78 is 5.87. The van der Waals surface area contributed by atoms with E-state index in [-0.39, 0.29) is 24.5 Å². The summed E-state index contributed by atoms with van der Waals surface area (Å²) in [5.74, 6) is -1.34. The average molecular weight is 634 g/mol. The summed E-state index contributed by atoms with van der Waals surface area (Å²) in [6.07, 6.45) is 40.2. The Balaban J connectivity index is 4.17. The van der Waals surface area contributed by atoms with E-state index in [1.807, 2.05) is 6.08 Å². The van der Waals surface area contributed by atoms with Crippen LogP contribution in [0.25, 0.3) is 0 Å². The van der Waals surface area contributed by atoms with Crippen molar-refractivity contribution in [2.24, 2.45) is 0 Å². The summed E-state index contributed by atoms with van der Waals surface area (Å²) in [6.45, 7) is 4.18. The number of esters is 1. The Morgan fingerprint density at radius 2 is 1.09 bits per heavy atom. The molecule has 0 saturated heterocycles. The summed E-state index contributed by atoms with van der Waals surface area (Å²) in [5.41, 5.74) is 0. The second-order valence-corrected chi connectivity index (χ2v) is 12.8. The van der Waals surface area contributed by atoms with Gasteiger partial charge in [0.2, 0.25) is 5.91 Å². The standard InChI is InChI=1S/C39H71NO5/c1-3-5-7-9-11-13-14-15-16-17-18-20-22-24-30-34-39(44)45-36(31-27-23-21-19-12-10-8-6-4-2)32-28-25-26-29-33-37(41)40-35-38(42)43/h19,21,27,31,36H,3-18,20,22-26,28-30,32-35H2,1-2H3,(H,40,41)(H,42,43)/b21-19-,31-27-. The van der Waals surface area contributed by atoms with Gasteiger partial charge in [0.05, 0.1) is 0 Å². The van der Waals surface area contributed by atoms with Crippen LogP contribution >= 0.6 is 0 Å². The number of aliphatic carboxylic acids is 1. The van der Waals surface area contributed by atoms with Crippen molar-refractivity contribution in [3.8, 4) is 0 Å². The first kappa shape index (κ1) is 42.9. The molecule has 0 spiro atoms. The Labute approximate surface area is 277 Å². The fraction of sp³-hybridized carbons (Fsp3) is 0.821. The first-order valence-corrected chi connectivity index (χ1v) is 19.0. The first-order chi connectivity index (χ1) is 22.0. The van der Waals surface area contributed by atoms with Gasteiger partial charge in [0.25, 0.3) is 0 Å². The highest BCUT2D eigenvalue weighted by Crippen LogP contribution is 2.16. The van der Waals surface area contributed by atoms with Crippen molar-refractivity contribution in [2.75, 3.05) is 6.54 Å². The third-order valence-electron chi connectivity index (χ3n) is 8.36. The quantitative estimate of drug-likeness (QED) is 0.0418. The third kappa shape index (κ3) is 34.6. The molecule has 0 aliphatic heterocycles. The van der Waals surface area contributed by atoms with E-state index in [4.69, 9.17) is 9.84 Å². The molecule has 0 fully saturated rings. The molecule has 2 N–H and O–H groups in total. The van der Waals surface area contributed by atoms with Gasteiger partial charge in [-0.15, -0.1) is 0 Å². The van der Waals surface area contributed by atoms with Crippen LogP contribution < -0.4 is 5.32 Å². The van der Waals surface area contributed by atoms with Gasteiger partial charge in [-0.3, -0.25) is 14.4 Å². The van der Waals surface area contributed by atoms with Gasteiger partial charge in [-0.1, -0.05) is 154 Å². The molecule has 1 atom stereocenters. The number of ether oxygens (including phenoxy) is 1. The van der Waals surface area contributed by atoms with E-state index < -0.39 is 5.97 Å². The molecule has 0 saturated carbocycles. The second kappa shape index (κ2) is 34.8. The molecule has 0 bridgehead atoms. The van der Waals surface area contributed by atoms with Gasteiger partial charge in [-0.2, -0.15) is 0 Å². The summed E-state index contributed by atoms with van der Waals surface area (Å²) in [7, 11) is 0. The number of nitrogens with one attached hydrogen (secondary N) is 1. The van der Waals surface area contributed by atoms with Crippen molar-refractivity contribution in [3.05, 3.63) is 24.3 Å². The maximum Gasteiger partial charge on any atom is 0.322 e. The highest BCUT2D eigenvalue weighted by atomic mass is 16.5. The van der Waals surface area contributed by atoms with Crippen molar-refractivity contribution >= 4 is 17.8 Å². The number of carboxylic acid groups (broad SMARTS) is 1. The molecule has 0 aromatic carbocycles. The number of unbranched alkanes of at least 4 members (excludes halogenated alkanes) is 21. The Bertz CT molecular complexity index is 748. The van der Waals surface area contributed by atoms with Gasteiger partial charge < -0.3 is 15.2 Å². The lowest BCUT2D eigenvalue weighted by atomic mass is 10.0. The van der Waals surface area contributed by atoms with Gasteiger partial charge in [-0.25, -0.2) is 0 Å². The lowest BCUT2D eigenvalue weighted by molar-refractivity contribution is -0.147. The number of hydrogen-bond donors (Lipinski definition) is 2. The number of carbonyl (C=O) groups is 3. The predicted molar refractivity (Wildman–Crippen MR) is 189 cm³/mol. The largest absolute Gasteiger partial charge is 0.480 e. The van der Waals surface area contributed by atoms with Crippen LogP contribution in [0.1, 0.15) is 194 Å². The van der Waals surface area contributed by atoms with E-state index in [2.05, 4.69) is 37.4 Å². The maximum atomic E-state index is 12.6. The monoisotopic (exact) mass is 634 g/mol. The van der Waals surface area contributed by atoms with Gasteiger partial charge in [0.15, 0.2) is 0 Å². The van der Waals surface area contributed by atoms with E-state index in [0.717, 1.165) is 57.8 Å². The number of amides is 1. The lowest BCUT2D eigenvalue weighted by Gasteiger charge is -2.14. The molecule has 6 nitrogen and oxygen atoms in total. The molecular formula is C39H71NO5. The molecule has 1 amide bonds. The molecule has 0 aliphatic rings. The Morgan fingerprint density at radius 1 is 0.600 bits per heavy atom. The Morgan fingerprint density at radius 3 is 1.64 bits per heavy atom. The minimum absolute atomic E-state index is 0.0964. The van der Waals surface area contributed by atoms with Crippen molar-refractivity contribution in [2.45, 2.75) is 200 Å². The van der Waals surface area contributed by atoms with Crippen LogP contribution in [0.15, 0.2) is 24.3 Å². The van der Waals surface area contributed by atoms with Crippen LogP contribution in [-0.4, -0.2) is 35.6 Å². The zero-order chi connectivity index (χ0) is 33.1. The molecule has 1 unspecified atom stereocenters. The number of rotatable bonds is 34. The Hall–Kier alpha value is -2.11. The van der Waals surface area contributed by atoms with Gasteiger partial charge >= 0.3 is 11.9 Å². The Kier molecular flexibility index (Phi) is 33.1. The maximum absolute atomic E-state index is 12.6. The third-order valence-corrected chi connectivity index (χ3v) is 8.36. The van der Waals surface area contributed by atoms with Crippen LogP contribution in [-0.2, 0) is 19.1 Å². The highest BCUT2D eigenvalue weighted by molar-refractivity contribution is 5.80. The number of hydrogen-bond acceptors (Lipinski definition) is 4. The van der Waals surface area contributed by atoms with Crippen molar-refractivity contribution in [1.82, 2.24) is 5.32 Å². The smallest absolute Gasteiger partial charge is 0.322 e. The fourth-order valence-corrected chi connectivity index (χ4v) is 5.52. The van der Waals surface area contributed by atoms with Crippen molar-refractivity contribution in [1.29, 1.82) is 0 Å². The van der Waals surface area contributed by atoms with Crippen molar-refractivity contribution in [3.63, 3.8) is 0 Å². The van der Waals surface area contributed by atoms with Crippen LogP contribution in [0.4, 0.5) is 0 Å². The van der Waals surface area contributed by atoms with Gasteiger partial charge in [-0.05, 0) is 51.0 Å². The zero-order valence-electron chi connectivity index (χ0n) is 29.5. The highest BCUT2D eigenvalue weighted by Gasteiger charge is 2.12. The molecule has 45 heavy (non-hydrogen) atoms. The number of carboxylic acids is 1. The SMILES string of the molecule is CCCCCC/C=C\C/C=C\C(CCCCCCC(=O)NCC(=O)O)OC(=O)CCCCCCCCCCCCCCCCC. The fourth-order valence-electron chi connectivity index (χ4n) is 5.52. The normalized spacial score (nSPS) is 12.2. The lowest BCUT2D eigenvalue weighted by Crippen LogP contribution is -2.28. The summed E-state index contributed by atoms with van der Waals surface area (Å²) >= 11 is 0. The molecule has 0 radical (unpaired) electrons. The van der Waals surface area contributed by atoms with E-state index in [1.165, 1.54) is 109 Å². The van der Waals surface area contributed by atoms with Crippen LogP contribution in [0.3, 0.4) is 0 Å². The molecule has 0 heterocycles. The minimum atomic E-state index is -1.03. The van der Waals surface area contributed by atoms with Crippen molar-refractivity contribution < 1.29 is 24.2 Å². The second-order valence-electron chi connectivity index (χ2n) is 12.8. The predicted octanol–water partition coefficient (Wildman–Crippen LogP) is 11.2. The van der Waals surface area contributed by atoms with E-state index >= 15 is 0 Å². The average Bonchev–Trinajstić information content (AvgIpc) is 3.02. The molecule has 0 aromatic rings. The molecule has 0 aliphatic carbocycles. The summed E-state index contributed by atoms with van der Waals surface area (Å²) in [4.78, 5) is 34.8. The summed E-state index contributed by atoms with van der Waals surface area (Å²) in [6, 6.07) is 0. The number of carbonyl (C=O) groups excluding carboxylic acids is 2. The van der Waals surface area contributed by atoms with E-state index in [1.54, 1.807) is 0 Å². The van der Waals surface area contributed by atoms with E-state index in [0.29, 0.717) is 12.8 Å². The zero-order valence-corrected chi connectivity index (χ0v) is 29.5. The molecular weight excluding hydrogens is 562 g/mol. The van der Waals surface area contributed by atoms with Gasteiger partial charge in [0, 0.05) is 12.8 Å². The van der Waals surface area contributed by atoms with Crippen LogP contribution in [0, 0.1) is 0 Å². The molecule has 262 valence electrons. The molecule has 6 heteroatoms. The topological polar surface area (TPSA) is 92.7 Å². The summed E-state index contributed by atoms with van der Waals surface area (Å²) in [5, 5.41) is 11.1. The number of allylic oxidation sites excluding steroid dienone is 3.